The molecule has 0 aliphatic carbocycles. The Labute approximate surface area is 188 Å². The zero-order valence-corrected chi connectivity index (χ0v) is 19.1. The molecule has 2 aromatic carbocycles. The molecule has 2 aromatic heterocycles. The van der Waals surface area contributed by atoms with Crippen LogP contribution in [0.15, 0.2) is 55.0 Å². The Morgan fingerprint density at radius 2 is 1.69 bits per heavy atom. The number of nitrogens with zero attached hydrogens (tertiary/aromatic N) is 6. The van der Waals surface area contributed by atoms with Crippen LogP contribution in [0.4, 0.5) is 17.2 Å². The molecule has 1 N–H and O–H groups in total. The number of likely N-dealkylation sites (N-methyl/N-ethyl adjacent to an activating group) is 1. The Balaban J connectivity index is 1.43. The number of hydrogen-bond acceptors (Lipinski definition) is 6. The highest BCUT2D eigenvalue weighted by molar-refractivity contribution is 5.89. The van der Waals surface area contributed by atoms with Crippen LogP contribution in [0.2, 0.25) is 0 Å². The summed E-state index contributed by atoms with van der Waals surface area (Å²) in [4.78, 5) is 13.8. The first-order valence-electron chi connectivity index (χ1n) is 11.0. The topological polar surface area (TPSA) is 62.1 Å². The minimum atomic E-state index is 0.615. The van der Waals surface area contributed by atoms with Crippen LogP contribution in [-0.2, 0) is 0 Å². The number of fused-ring (bicyclic) bond motifs is 1. The summed E-state index contributed by atoms with van der Waals surface area (Å²) in [6.07, 6.45) is 4.63. The second-order valence-corrected chi connectivity index (χ2v) is 8.78. The number of aryl methyl sites for hydroxylation is 2. The van der Waals surface area contributed by atoms with E-state index in [1.165, 1.54) is 23.2 Å². The molecule has 3 heterocycles. The number of anilines is 3. The maximum absolute atomic E-state index is 4.63. The van der Waals surface area contributed by atoms with Crippen LogP contribution in [0.3, 0.4) is 0 Å². The average Bonchev–Trinajstić information content (AvgIpc) is 3.45. The summed E-state index contributed by atoms with van der Waals surface area (Å²) in [5, 5.41) is 9.02. The number of hydrogen-bond donors (Lipinski definition) is 1. The average molecular weight is 428 g/mol. The predicted molar refractivity (Wildman–Crippen MR) is 130 cm³/mol. The molecule has 5 rings (SSSR count). The molecular formula is C25H29N7. The highest BCUT2D eigenvalue weighted by Crippen LogP contribution is 2.29. The van der Waals surface area contributed by atoms with Gasteiger partial charge in [0.25, 0.3) is 0 Å². The van der Waals surface area contributed by atoms with Crippen molar-refractivity contribution in [3.63, 3.8) is 0 Å². The van der Waals surface area contributed by atoms with Gasteiger partial charge in [0.05, 0.1) is 17.3 Å². The molecule has 0 amide bonds. The Bertz CT molecular complexity index is 1220. The summed E-state index contributed by atoms with van der Waals surface area (Å²) in [7, 11) is 4.32. The maximum Gasteiger partial charge on any atom is 0.168 e. The number of para-hydroxylation sites is 1. The summed E-state index contributed by atoms with van der Waals surface area (Å²) in [6, 6.07) is 15.5. The summed E-state index contributed by atoms with van der Waals surface area (Å²) < 4.78 is 1.88. The lowest BCUT2D eigenvalue weighted by Gasteiger charge is -2.22. The van der Waals surface area contributed by atoms with E-state index in [0.717, 1.165) is 41.3 Å². The Morgan fingerprint density at radius 3 is 2.38 bits per heavy atom. The first-order valence-corrected chi connectivity index (χ1v) is 11.0. The van der Waals surface area contributed by atoms with Crippen molar-refractivity contribution in [3.8, 4) is 5.69 Å². The highest BCUT2D eigenvalue weighted by Gasteiger charge is 2.24. The van der Waals surface area contributed by atoms with Gasteiger partial charge in [-0.1, -0.05) is 18.2 Å². The van der Waals surface area contributed by atoms with Crippen molar-refractivity contribution >= 4 is 28.2 Å². The fourth-order valence-corrected chi connectivity index (χ4v) is 4.47. The van der Waals surface area contributed by atoms with Gasteiger partial charge >= 0.3 is 0 Å². The molecule has 1 fully saturated rings. The lowest BCUT2D eigenvalue weighted by molar-refractivity contribution is 0.315. The van der Waals surface area contributed by atoms with Crippen molar-refractivity contribution in [2.45, 2.75) is 26.3 Å². The number of aromatic nitrogens is 4. The van der Waals surface area contributed by atoms with E-state index in [4.69, 9.17) is 0 Å². The second-order valence-electron chi connectivity index (χ2n) is 8.78. The van der Waals surface area contributed by atoms with Crippen molar-refractivity contribution in [1.82, 2.24) is 24.6 Å². The van der Waals surface area contributed by atoms with E-state index < -0.39 is 0 Å². The van der Waals surface area contributed by atoms with Gasteiger partial charge in [0.15, 0.2) is 5.65 Å². The molecule has 7 nitrogen and oxygen atoms in total. The molecule has 7 heteroatoms. The van der Waals surface area contributed by atoms with Gasteiger partial charge in [-0.15, -0.1) is 0 Å². The summed E-state index contributed by atoms with van der Waals surface area (Å²) in [5.41, 5.74) is 6.46. The monoisotopic (exact) mass is 427 g/mol. The van der Waals surface area contributed by atoms with E-state index in [9.17, 15) is 0 Å². The summed E-state index contributed by atoms with van der Waals surface area (Å²) >= 11 is 0. The summed E-state index contributed by atoms with van der Waals surface area (Å²) in [6.45, 7) is 6.35. The standard InChI is InChI=1S/C25H29N7/c1-17-6-5-7-18(2)23(17)29-24-22-14-28-32(25(22)27-16-26-24)20-10-8-19(9-11-20)31-13-12-21(15-31)30(3)4/h5-11,14,16,21H,12-13,15H2,1-4H3,(H,26,27,29)/t21-/m1/s1. The summed E-state index contributed by atoms with van der Waals surface area (Å²) in [5.74, 6) is 0.766. The van der Waals surface area contributed by atoms with Crippen LogP contribution in [-0.4, -0.2) is 57.9 Å². The number of rotatable bonds is 5. The smallest absolute Gasteiger partial charge is 0.168 e. The molecule has 0 radical (unpaired) electrons. The van der Waals surface area contributed by atoms with Crippen LogP contribution in [0, 0.1) is 13.8 Å². The molecule has 32 heavy (non-hydrogen) atoms. The molecule has 1 aliphatic rings. The van der Waals surface area contributed by atoms with E-state index >= 15 is 0 Å². The van der Waals surface area contributed by atoms with Crippen molar-refractivity contribution in [1.29, 1.82) is 0 Å². The molecule has 164 valence electrons. The SMILES string of the molecule is Cc1cccc(C)c1Nc1ncnc2c1cnn2-c1ccc(N2CC[C@@H](N(C)C)C2)cc1. The molecule has 0 unspecified atom stereocenters. The largest absolute Gasteiger partial charge is 0.370 e. The Kier molecular flexibility index (Phi) is 5.27. The Morgan fingerprint density at radius 1 is 0.969 bits per heavy atom. The molecule has 0 bridgehead atoms. The minimum absolute atomic E-state index is 0.615. The third-order valence-corrected chi connectivity index (χ3v) is 6.44. The van der Waals surface area contributed by atoms with E-state index in [1.54, 1.807) is 6.33 Å². The van der Waals surface area contributed by atoms with Crippen LogP contribution >= 0.6 is 0 Å². The van der Waals surface area contributed by atoms with E-state index in [1.807, 2.05) is 10.9 Å². The van der Waals surface area contributed by atoms with Gasteiger partial charge in [-0.3, -0.25) is 0 Å². The fraction of sp³-hybridized carbons (Fsp3) is 0.320. The molecule has 0 saturated carbocycles. The van der Waals surface area contributed by atoms with Crippen molar-refractivity contribution in [2.75, 3.05) is 37.4 Å². The Hall–Kier alpha value is -3.45. The van der Waals surface area contributed by atoms with Crippen molar-refractivity contribution in [2.24, 2.45) is 0 Å². The number of nitrogens with one attached hydrogen (secondary N) is 1. The first-order chi connectivity index (χ1) is 15.5. The zero-order valence-electron chi connectivity index (χ0n) is 19.1. The second kappa shape index (κ2) is 8.24. The molecule has 1 saturated heterocycles. The van der Waals surface area contributed by atoms with Crippen molar-refractivity contribution < 1.29 is 0 Å². The van der Waals surface area contributed by atoms with Crippen molar-refractivity contribution in [3.05, 3.63) is 66.1 Å². The third-order valence-electron chi connectivity index (χ3n) is 6.44. The van der Waals surface area contributed by atoms with Gasteiger partial charge in [0.2, 0.25) is 0 Å². The maximum atomic E-state index is 4.63. The van der Waals surface area contributed by atoms with Gasteiger partial charge in [-0.25, -0.2) is 14.6 Å². The lowest BCUT2D eigenvalue weighted by atomic mass is 10.1. The molecule has 1 atom stereocenters. The first kappa shape index (κ1) is 20.5. The van der Waals surface area contributed by atoms with Gasteiger partial charge in [-0.05, 0) is 69.8 Å². The van der Waals surface area contributed by atoms with Gasteiger partial charge in [0.1, 0.15) is 12.1 Å². The predicted octanol–water partition coefficient (Wildman–Crippen LogP) is 4.32. The van der Waals surface area contributed by atoms with E-state index in [0.29, 0.717) is 6.04 Å². The third kappa shape index (κ3) is 3.69. The molecule has 1 aliphatic heterocycles. The van der Waals surface area contributed by atoms with Gasteiger partial charge in [-0.2, -0.15) is 5.10 Å². The van der Waals surface area contributed by atoms with Gasteiger partial charge in [0, 0.05) is 30.5 Å². The zero-order chi connectivity index (χ0) is 22.2. The molecular weight excluding hydrogens is 398 g/mol. The minimum Gasteiger partial charge on any atom is -0.370 e. The quantitative estimate of drug-likeness (QED) is 0.512. The van der Waals surface area contributed by atoms with Crippen LogP contribution in [0.5, 0.6) is 0 Å². The normalized spacial score (nSPS) is 16.3. The lowest BCUT2D eigenvalue weighted by Crippen LogP contribution is -2.31. The number of benzene rings is 2. The van der Waals surface area contributed by atoms with E-state index in [-0.39, 0.29) is 0 Å². The van der Waals surface area contributed by atoms with Crippen LogP contribution in [0.1, 0.15) is 17.5 Å². The van der Waals surface area contributed by atoms with Crippen LogP contribution < -0.4 is 10.2 Å². The highest BCUT2D eigenvalue weighted by atomic mass is 15.3. The fourth-order valence-electron chi connectivity index (χ4n) is 4.47. The molecule has 0 spiro atoms. The van der Waals surface area contributed by atoms with E-state index in [2.05, 4.69) is 101 Å². The van der Waals surface area contributed by atoms with Crippen LogP contribution in [0.25, 0.3) is 16.7 Å². The van der Waals surface area contributed by atoms with Gasteiger partial charge < -0.3 is 15.1 Å². The molecule has 4 aromatic rings.